The Hall–Kier alpha value is -0.890. The summed E-state index contributed by atoms with van der Waals surface area (Å²) in [5.41, 5.74) is 1.98. The molecule has 0 aliphatic heterocycles. The highest BCUT2D eigenvalue weighted by Gasteiger charge is 2.08. The second kappa shape index (κ2) is 13.5. The van der Waals surface area contributed by atoms with Crippen LogP contribution in [0.25, 0.3) is 0 Å². The lowest BCUT2D eigenvalue weighted by Crippen LogP contribution is -2.40. The fraction of sp³-hybridized carbons (Fsp3) is 0.647. The van der Waals surface area contributed by atoms with Gasteiger partial charge in [-0.2, -0.15) is 0 Å². The van der Waals surface area contributed by atoms with Crippen LogP contribution in [0.15, 0.2) is 23.2 Å². The number of aliphatic hydroxyl groups excluding tert-OH is 1. The fourth-order valence-corrected chi connectivity index (χ4v) is 2.37. The van der Waals surface area contributed by atoms with Crippen molar-refractivity contribution in [2.45, 2.75) is 46.6 Å². The first kappa shape index (κ1) is 22.1. The van der Waals surface area contributed by atoms with Crippen molar-refractivity contribution < 1.29 is 5.11 Å². The van der Waals surface area contributed by atoms with Crippen molar-refractivity contribution in [1.29, 1.82) is 0 Å². The second-order valence-corrected chi connectivity index (χ2v) is 5.51. The molecule has 1 aromatic rings. The molecule has 0 spiro atoms. The minimum absolute atomic E-state index is 0. The van der Waals surface area contributed by atoms with Gasteiger partial charge in [-0.3, -0.25) is 4.98 Å². The number of nitrogens with one attached hydrogen (secondary N) is 2. The van der Waals surface area contributed by atoms with Gasteiger partial charge < -0.3 is 15.7 Å². The number of aliphatic hydroxyl groups is 1. The van der Waals surface area contributed by atoms with E-state index in [-0.39, 0.29) is 30.6 Å². The molecule has 0 aliphatic rings. The molecule has 23 heavy (non-hydrogen) atoms. The zero-order chi connectivity index (χ0) is 16.2. The molecule has 0 aromatic carbocycles. The van der Waals surface area contributed by atoms with Crippen LogP contribution in [0.3, 0.4) is 0 Å². The number of aromatic nitrogens is 1. The molecule has 0 saturated heterocycles. The third kappa shape index (κ3) is 9.76. The lowest BCUT2D eigenvalue weighted by molar-refractivity contribution is 0.251. The Bertz CT molecular complexity index is 448. The van der Waals surface area contributed by atoms with Crippen LogP contribution in [0.1, 0.15) is 44.5 Å². The van der Waals surface area contributed by atoms with Gasteiger partial charge in [0.25, 0.3) is 0 Å². The smallest absolute Gasteiger partial charge is 0.191 e. The molecule has 132 valence electrons. The molecule has 0 radical (unpaired) electrons. The van der Waals surface area contributed by atoms with Crippen molar-refractivity contribution in [3.05, 3.63) is 29.6 Å². The molecule has 5 nitrogen and oxygen atoms in total. The van der Waals surface area contributed by atoms with Gasteiger partial charge in [0.15, 0.2) is 5.96 Å². The number of aryl methyl sites for hydroxylation is 1. The number of hydrogen-bond donors (Lipinski definition) is 3. The largest absolute Gasteiger partial charge is 0.396 e. The van der Waals surface area contributed by atoms with E-state index in [9.17, 15) is 0 Å². The van der Waals surface area contributed by atoms with E-state index in [1.54, 1.807) is 0 Å². The molecule has 1 rings (SSSR count). The van der Waals surface area contributed by atoms with E-state index in [0.29, 0.717) is 12.5 Å². The highest BCUT2D eigenvalue weighted by atomic mass is 127. The van der Waals surface area contributed by atoms with Crippen LogP contribution in [0, 0.1) is 12.8 Å². The standard InChI is InChI=1S/C17H30N4O.HI/c1-4-7-15(10-11-22)12-19-17(18-5-2)20-13-16-9-6-8-14(3)21-16;/h6,8-9,15,22H,4-5,7,10-13H2,1-3H3,(H2,18,19,20);1H. The maximum atomic E-state index is 9.13. The average molecular weight is 434 g/mol. The lowest BCUT2D eigenvalue weighted by atomic mass is 10.0. The van der Waals surface area contributed by atoms with E-state index in [1.165, 1.54) is 0 Å². The number of guanidine groups is 1. The third-order valence-electron chi connectivity index (χ3n) is 3.48. The Morgan fingerprint density at radius 2 is 2.04 bits per heavy atom. The molecule has 0 saturated carbocycles. The van der Waals surface area contributed by atoms with E-state index in [1.807, 2.05) is 25.1 Å². The van der Waals surface area contributed by atoms with Crippen molar-refractivity contribution in [3.8, 4) is 0 Å². The Labute approximate surface area is 157 Å². The number of pyridine rings is 1. The Morgan fingerprint density at radius 1 is 1.26 bits per heavy atom. The summed E-state index contributed by atoms with van der Waals surface area (Å²) in [5.74, 6) is 1.29. The summed E-state index contributed by atoms with van der Waals surface area (Å²) in [7, 11) is 0. The Balaban J connectivity index is 0.00000484. The Morgan fingerprint density at radius 3 is 2.65 bits per heavy atom. The zero-order valence-corrected chi connectivity index (χ0v) is 16.8. The maximum absolute atomic E-state index is 9.13. The van der Waals surface area contributed by atoms with Gasteiger partial charge in [0.1, 0.15) is 0 Å². The summed E-state index contributed by atoms with van der Waals surface area (Å²) >= 11 is 0. The summed E-state index contributed by atoms with van der Waals surface area (Å²) in [6, 6.07) is 5.98. The van der Waals surface area contributed by atoms with Crippen molar-refractivity contribution >= 4 is 29.9 Å². The molecule has 1 aromatic heterocycles. The summed E-state index contributed by atoms with van der Waals surface area (Å²) in [4.78, 5) is 9.05. The number of aliphatic imine (C=N–C) groups is 1. The van der Waals surface area contributed by atoms with Gasteiger partial charge >= 0.3 is 0 Å². The number of rotatable bonds is 9. The number of hydrogen-bond acceptors (Lipinski definition) is 3. The van der Waals surface area contributed by atoms with Crippen LogP contribution in [-0.2, 0) is 6.54 Å². The van der Waals surface area contributed by atoms with Gasteiger partial charge in [0, 0.05) is 25.4 Å². The lowest BCUT2D eigenvalue weighted by Gasteiger charge is -2.18. The normalized spacial score (nSPS) is 12.4. The predicted molar refractivity (Wildman–Crippen MR) is 107 cm³/mol. The van der Waals surface area contributed by atoms with E-state index in [4.69, 9.17) is 5.11 Å². The topological polar surface area (TPSA) is 69.5 Å². The Kier molecular flexibility index (Phi) is 13.0. The van der Waals surface area contributed by atoms with Gasteiger partial charge in [0.2, 0.25) is 0 Å². The minimum atomic E-state index is 0. The van der Waals surface area contributed by atoms with Crippen molar-refractivity contribution in [1.82, 2.24) is 15.6 Å². The monoisotopic (exact) mass is 434 g/mol. The molecule has 1 atom stereocenters. The third-order valence-corrected chi connectivity index (χ3v) is 3.48. The van der Waals surface area contributed by atoms with Gasteiger partial charge in [-0.05, 0) is 44.7 Å². The van der Waals surface area contributed by atoms with Crippen LogP contribution in [0.2, 0.25) is 0 Å². The van der Waals surface area contributed by atoms with Gasteiger partial charge in [-0.1, -0.05) is 19.4 Å². The van der Waals surface area contributed by atoms with Crippen LogP contribution in [0.4, 0.5) is 0 Å². The summed E-state index contributed by atoms with van der Waals surface area (Å²) in [6.07, 6.45) is 3.08. The maximum Gasteiger partial charge on any atom is 0.191 e. The molecule has 1 heterocycles. The average Bonchev–Trinajstić information content (AvgIpc) is 2.50. The SMILES string of the molecule is CCCC(CCO)CNC(=NCc1cccc(C)n1)NCC.I. The van der Waals surface area contributed by atoms with Crippen LogP contribution >= 0.6 is 24.0 Å². The van der Waals surface area contributed by atoms with Gasteiger partial charge in [-0.15, -0.1) is 24.0 Å². The first-order chi connectivity index (χ1) is 10.7. The van der Waals surface area contributed by atoms with Crippen molar-refractivity contribution in [2.75, 3.05) is 19.7 Å². The molecule has 0 amide bonds. The molecule has 0 bridgehead atoms. The molecule has 0 fully saturated rings. The van der Waals surface area contributed by atoms with Crippen LogP contribution < -0.4 is 10.6 Å². The molecule has 0 aliphatic carbocycles. The minimum Gasteiger partial charge on any atom is -0.396 e. The first-order valence-corrected chi connectivity index (χ1v) is 8.25. The fourth-order valence-electron chi connectivity index (χ4n) is 2.37. The predicted octanol–water partition coefficient (Wildman–Crippen LogP) is 2.86. The molecule has 3 N–H and O–H groups in total. The molecule has 1 unspecified atom stereocenters. The number of halogens is 1. The molecular formula is C17H31IN4O. The highest BCUT2D eigenvalue weighted by Crippen LogP contribution is 2.09. The summed E-state index contributed by atoms with van der Waals surface area (Å²) < 4.78 is 0. The van der Waals surface area contributed by atoms with E-state index in [2.05, 4.69) is 34.5 Å². The quantitative estimate of drug-likeness (QED) is 0.318. The summed E-state index contributed by atoms with van der Waals surface area (Å²) in [6.45, 7) is 8.68. The van der Waals surface area contributed by atoms with E-state index < -0.39 is 0 Å². The van der Waals surface area contributed by atoms with E-state index in [0.717, 1.165) is 49.7 Å². The zero-order valence-electron chi connectivity index (χ0n) is 14.5. The molecule has 6 heteroatoms. The first-order valence-electron chi connectivity index (χ1n) is 8.25. The van der Waals surface area contributed by atoms with Crippen molar-refractivity contribution in [3.63, 3.8) is 0 Å². The van der Waals surface area contributed by atoms with Crippen LogP contribution in [0.5, 0.6) is 0 Å². The molecular weight excluding hydrogens is 403 g/mol. The van der Waals surface area contributed by atoms with Gasteiger partial charge in [-0.25, -0.2) is 4.99 Å². The van der Waals surface area contributed by atoms with E-state index >= 15 is 0 Å². The number of nitrogens with zero attached hydrogens (tertiary/aromatic N) is 2. The van der Waals surface area contributed by atoms with Crippen molar-refractivity contribution in [2.24, 2.45) is 10.9 Å². The van der Waals surface area contributed by atoms with Crippen LogP contribution in [-0.4, -0.2) is 35.7 Å². The van der Waals surface area contributed by atoms with Gasteiger partial charge in [0.05, 0.1) is 12.2 Å². The summed E-state index contributed by atoms with van der Waals surface area (Å²) in [5, 5.41) is 15.8. The second-order valence-electron chi connectivity index (χ2n) is 5.51. The highest BCUT2D eigenvalue weighted by molar-refractivity contribution is 14.0.